The van der Waals surface area contributed by atoms with E-state index in [1.165, 1.54) is 32.5 Å². The number of hydrazine groups is 1. The molecular formula is C48H70F3N9O8S5. The summed E-state index contributed by atoms with van der Waals surface area (Å²) < 4.78 is 63.3. The van der Waals surface area contributed by atoms with Crippen molar-refractivity contribution in [1.82, 2.24) is 45.3 Å². The van der Waals surface area contributed by atoms with Gasteiger partial charge in [0.1, 0.15) is 24.7 Å². The van der Waals surface area contributed by atoms with Crippen LogP contribution < -0.4 is 10.7 Å². The van der Waals surface area contributed by atoms with Crippen LogP contribution in [0.3, 0.4) is 0 Å². The number of aromatic nitrogens is 4. The fraction of sp³-hybridized carbons (Fsp3) is 0.542. The van der Waals surface area contributed by atoms with Crippen LogP contribution in [-0.4, -0.2) is 128 Å². The fourth-order valence-corrected chi connectivity index (χ4v) is 9.58. The summed E-state index contributed by atoms with van der Waals surface area (Å²) in [5.74, 6) is -3.50. The van der Waals surface area contributed by atoms with Gasteiger partial charge < -0.3 is 33.6 Å². The summed E-state index contributed by atoms with van der Waals surface area (Å²) in [4.78, 5) is 76.3. The Labute approximate surface area is 458 Å². The quantitative estimate of drug-likeness (QED) is 0.129. The number of carbonyl (C=O) groups is 5. The van der Waals surface area contributed by atoms with E-state index < -0.39 is 72.0 Å². The van der Waals surface area contributed by atoms with E-state index in [-0.39, 0.29) is 135 Å². The van der Waals surface area contributed by atoms with Gasteiger partial charge in [-0.15, -0.1) is 10.2 Å². The van der Waals surface area contributed by atoms with Gasteiger partial charge in [-0.25, -0.2) is 5.43 Å². The number of halogens is 3. The number of cyclic esters (lactones) is 1. The smallest absolute Gasteiger partial charge is 0.406 e. The summed E-state index contributed by atoms with van der Waals surface area (Å²) in [6.45, 7) is 14.0. The number of amides is 4. The summed E-state index contributed by atoms with van der Waals surface area (Å²) >= 11 is 0. The Morgan fingerprint density at radius 2 is 1.77 bits per heavy atom. The number of hydrogen-bond acceptors (Lipinski definition) is 12. The second-order valence-electron chi connectivity index (χ2n) is 18.9. The summed E-state index contributed by atoms with van der Waals surface area (Å²) in [7, 11) is 1.52. The molecule has 7 rings (SSSR count). The van der Waals surface area contributed by atoms with Crippen LogP contribution in [0.5, 0.6) is 0 Å². The molecule has 4 amide bonds. The number of carbonyl (C=O) groups excluding carboxylic acids is 5. The molecule has 6 bridgehead atoms. The highest BCUT2D eigenvalue weighted by molar-refractivity contribution is 7.60. The molecule has 3 aromatic heterocycles. The van der Waals surface area contributed by atoms with Gasteiger partial charge >= 0.3 is 12.1 Å². The first-order chi connectivity index (χ1) is 32.2. The van der Waals surface area contributed by atoms with Crippen LogP contribution in [0.1, 0.15) is 84.1 Å². The van der Waals surface area contributed by atoms with Gasteiger partial charge in [0.15, 0.2) is 0 Å². The number of alkyl halides is 3. The Hall–Kier alpha value is -4.40. The third-order valence-corrected chi connectivity index (χ3v) is 12.8. The lowest BCUT2D eigenvalue weighted by molar-refractivity contribution is -0.155. The molecule has 17 nitrogen and oxygen atoms in total. The van der Waals surface area contributed by atoms with Crippen LogP contribution in [0.15, 0.2) is 53.6 Å². The van der Waals surface area contributed by atoms with Crippen molar-refractivity contribution in [3.63, 3.8) is 0 Å². The van der Waals surface area contributed by atoms with Gasteiger partial charge in [0, 0.05) is 66.9 Å². The Kier molecular flexibility index (Phi) is 23.8. The number of fused-ring (bicyclic) bond motifs is 6. The van der Waals surface area contributed by atoms with E-state index in [9.17, 15) is 37.1 Å². The lowest BCUT2D eigenvalue weighted by Crippen LogP contribution is -2.62. The van der Waals surface area contributed by atoms with Crippen molar-refractivity contribution < 1.29 is 51.0 Å². The minimum absolute atomic E-state index is 0. The predicted molar refractivity (Wildman–Crippen MR) is 295 cm³/mol. The highest BCUT2D eigenvalue weighted by Gasteiger charge is 2.41. The van der Waals surface area contributed by atoms with Gasteiger partial charge in [0.25, 0.3) is 5.91 Å². The summed E-state index contributed by atoms with van der Waals surface area (Å²) in [5.41, 5.74) is 4.52. The number of rotatable bonds is 11. The Morgan fingerprint density at radius 1 is 1.05 bits per heavy atom. The van der Waals surface area contributed by atoms with E-state index in [1.54, 1.807) is 57.3 Å². The topological polar surface area (TPSA) is 194 Å². The zero-order chi connectivity index (χ0) is 49.2. The Bertz CT molecular complexity index is 2580. The van der Waals surface area contributed by atoms with Crippen LogP contribution >= 0.6 is 67.5 Å². The lowest BCUT2D eigenvalue weighted by Gasteiger charge is -2.36. The molecule has 1 aromatic carbocycles. The number of benzene rings is 1. The van der Waals surface area contributed by atoms with Crippen molar-refractivity contribution in [3.8, 4) is 22.7 Å². The molecule has 2 fully saturated rings. The van der Waals surface area contributed by atoms with Crippen molar-refractivity contribution in [1.29, 1.82) is 0 Å². The highest BCUT2D eigenvalue weighted by Crippen LogP contribution is 2.43. The molecule has 73 heavy (non-hydrogen) atoms. The average molecular weight is 1120 g/mol. The van der Waals surface area contributed by atoms with Crippen LogP contribution in [0, 0.1) is 17.3 Å². The molecule has 2 N–H and O–H groups in total. The number of ether oxygens (including phenoxy) is 2. The van der Waals surface area contributed by atoms with Gasteiger partial charge in [-0.3, -0.25) is 34.0 Å². The number of nitrogens with one attached hydrogen (secondary N) is 2. The third-order valence-electron chi connectivity index (χ3n) is 12.8. The van der Waals surface area contributed by atoms with Crippen molar-refractivity contribution in [2.45, 2.75) is 111 Å². The Balaban J connectivity index is 0.00000365. The molecule has 3 aliphatic heterocycles. The number of likely N-dealkylation sites (N-methyl/N-ethyl adjacent to an activating group) is 1. The molecule has 25 heteroatoms. The van der Waals surface area contributed by atoms with Crippen LogP contribution in [0.25, 0.3) is 33.6 Å². The van der Waals surface area contributed by atoms with Crippen LogP contribution in [0.4, 0.5) is 13.2 Å². The molecule has 4 aromatic rings. The van der Waals surface area contributed by atoms with E-state index in [1.807, 2.05) is 20.8 Å². The fourth-order valence-electron chi connectivity index (χ4n) is 9.58. The Morgan fingerprint density at radius 3 is 2.42 bits per heavy atom. The zero-order valence-corrected chi connectivity index (χ0v) is 47.0. The molecule has 3 aliphatic rings. The van der Waals surface area contributed by atoms with Crippen molar-refractivity contribution in [3.05, 3.63) is 66.3 Å². The minimum Gasteiger partial charge on any atom is -0.464 e. The van der Waals surface area contributed by atoms with Crippen LogP contribution in [0.2, 0.25) is 0 Å². The maximum Gasteiger partial charge on any atom is 0.406 e. The van der Waals surface area contributed by atoms with Crippen molar-refractivity contribution in [2.24, 2.45) is 17.3 Å². The summed E-state index contributed by atoms with van der Waals surface area (Å²) in [6.07, 6.45) is -1.44. The van der Waals surface area contributed by atoms with Crippen molar-refractivity contribution >= 4 is 108 Å². The largest absolute Gasteiger partial charge is 0.464 e. The van der Waals surface area contributed by atoms with Gasteiger partial charge in [0.05, 0.1) is 36.4 Å². The van der Waals surface area contributed by atoms with Crippen molar-refractivity contribution in [2.75, 3.05) is 39.9 Å². The molecule has 0 saturated carbocycles. The predicted octanol–water partition coefficient (Wildman–Crippen LogP) is 6.14. The molecule has 0 radical (unpaired) electrons. The molecule has 406 valence electrons. The van der Waals surface area contributed by atoms with Crippen LogP contribution in [-0.2, 0) is 52.8 Å². The lowest BCUT2D eigenvalue weighted by atomic mass is 9.84. The summed E-state index contributed by atoms with van der Waals surface area (Å²) in [6, 6.07) is 4.90. The molecule has 6 heterocycles. The number of hydrogen-bond donors (Lipinski definition) is 2. The third kappa shape index (κ3) is 14.7. The number of likely N-dealkylation sites (tertiary alicyclic amines) is 1. The molecule has 0 spiro atoms. The first-order valence-electron chi connectivity index (χ1n) is 23.0. The monoisotopic (exact) mass is 1120 g/mol. The van der Waals surface area contributed by atoms with Gasteiger partial charge in [-0.2, -0.15) is 80.6 Å². The first kappa shape index (κ1) is 64.7. The second kappa shape index (κ2) is 26.9. The normalized spacial score (nSPS) is 19.6. The number of esters is 1. The van der Waals surface area contributed by atoms with E-state index in [4.69, 9.17) is 13.9 Å². The average Bonchev–Trinajstić information content (AvgIpc) is 4.05. The molecule has 5 atom stereocenters. The second-order valence-corrected chi connectivity index (χ2v) is 18.9. The number of pyridine rings is 1. The standard InChI is InChI=1S/C48H60F3N9O8.5H2S/c1-9-38(61)58-20-17-30(24-58)44(63)57(8)40(27(3)4)42(62)53-35-22-37-54-55-43(68-37)29-15-16-36-32(21-29)33(23-47(6,7)26-67-46(65)34-14-12-19-60(56-34)45(35)64)41(59(36)25-48(49,50)51)31-13-11-18-52-39(31)28(5)66-10-2;;;;;/h9,11,13,15-16,18,21,27-28,30,34-35,40,56H,1,10,12,14,17,19-20,22-26H2,2-8H3,(H,53,62);5*1H2/t28-,30-,34-,35-,40-;;;;;/m0...../s1. The minimum atomic E-state index is -4.63. The van der Waals surface area contributed by atoms with Gasteiger partial charge in [-0.1, -0.05) is 34.3 Å². The van der Waals surface area contributed by atoms with E-state index in [2.05, 4.69) is 32.5 Å². The molecule has 0 unspecified atom stereocenters. The maximum atomic E-state index is 14.7. The van der Waals surface area contributed by atoms with E-state index >= 15 is 0 Å². The van der Waals surface area contributed by atoms with E-state index in [0.29, 0.717) is 60.2 Å². The number of nitrogens with zero attached hydrogens (tertiary/aromatic N) is 7. The summed E-state index contributed by atoms with van der Waals surface area (Å²) in [5, 5.41) is 13.1. The first-order valence-corrected chi connectivity index (χ1v) is 23.0. The van der Waals surface area contributed by atoms with E-state index in [0.717, 1.165) is 0 Å². The van der Waals surface area contributed by atoms with Gasteiger partial charge in [0.2, 0.25) is 29.5 Å². The molecule has 0 aliphatic carbocycles. The van der Waals surface area contributed by atoms with Gasteiger partial charge in [-0.05, 0) is 87.4 Å². The SMILES string of the molecule is C=CC(=O)N1CC[C@H](C(=O)N(C)[C@H](C(=O)N[C@H]2Cc3nnc(o3)-c3ccc4c(c3)c(c(-c3cccnc3[C@H](C)OCC)n4CC(F)(F)F)CC(C)(C)COC(=O)[C@@H]3CCCN(N3)C2=O)C(C)C)C1.S.S.S.S.S. The maximum absolute atomic E-state index is 14.7. The highest BCUT2D eigenvalue weighted by atomic mass is 32.1. The zero-order valence-electron chi connectivity index (χ0n) is 42.0. The molecular weight excluding hydrogens is 1050 g/mol. The molecule has 2 saturated heterocycles.